The maximum atomic E-state index is 11.1. The SMILES string of the molecule is N#CC(C(=O)[O-])=C(c1ccccc1)c1ccccc1. The Hall–Kier alpha value is -2.86. The van der Waals surface area contributed by atoms with Crippen molar-refractivity contribution in [2.75, 3.05) is 0 Å². The van der Waals surface area contributed by atoms with Crippen molar-refractivity contribution < 1.29 is 9.90 Å². The lowest BCUT2D eigenvalue weighted by molar-refractivity contribution is -0.298. The molecule has 3 nitrogen and oxygen atoms in total. The molecule has 0 saturated carbocycles. The molecule has 0 bridgehead atoms. The number of carboxylic acid groups (broad SMARTS) is 1. The topological polar surface area (TPSA) is 63.9 Å². The molecule has 2 aromatic carbocycles. The zero-order valence-corrected chi connectivity index (χ0v) is 10.0. The third-order valence-electron chi connectivity index (χ3n) is 2.69. The normalized spacial score (nSPS) is 9.42. The molecule has 0 atom stereocenters. The molecule has 0 radical (unpaired) electrons. The molecule has 0 heterocycles. The number of carbonyl (C=O) groups is 1. The molecule has 0 aromatic heterocycles. The minimum Gasteiger partial charge on any atom is -0.544 e. The second-order valence-electron chi connectivity index (χ2n) is 3.88. The molecular weight excluding hydrogens is 238 g/mol. The third kappa shape index (κ3) is 2.70. The molecule has 92 valence electrons. The number of hydrogen-bond acceptors (Lipinski definition) is 3. The lowest BCUT2D eigenvalue weighted by atomic mass is 9.93. The number of carboxylic acids is 1. The minimum absolute atomic E-state index is 0.364. The van der Waals surface area contributed by atoms with Crippen molar-refractivity contribution in [3.63, 3.8) is 0 Å². The van der Waals surface area contributed by atoms with Crippen molar-refractivity contribution in [3.8, 4) is 6.07 Å². The molecule has 0 aliphatic rings. The van der Waals surface area contributed by atoms with Crippen LogP contribution in [0.15, 0.2) is 66.2 Å². The Morgan fingerprint density at radius 2 is 1.32 bits per heavy atom. The van der Waals surface area contributed by atoms with Gasteiger partial charge >= 0.3 is 0 Å². The Bertz CT molecular complexity index is 611. The Morgan fingerprint density at radius 3 is 1.63 bits per heavy atom. The number of nitrogens with zero attached hydrogens (tertiary/aromatic N) is 1. The average Bonchev–Trinajstić information content (AvgIpc) is 2.46. The van der Waals surface area contributed by atoms with Crippen LogP contribution in [0, 0.1) is 11.3 Å². The number of benzene rings is 2. The van der Waals surface area contributed by atoms with Gasteiger partial charge in [0.25, 0.3) is 0 Å². The van der Waals surface area contributed by atoms with Gasteiger partial charge in [0.1, 0.15) is 6.07 Å². The predicted molar refractivity (Wildman–Crippen MR) is 69.5 cm³/mol. The van der Waals surface area contributed by atoms with E-state index in [1.807, 2.05) is 12.1 Å². The van der Waals surface area contributed by atoms with Gasteiger partial charge < -0.3 is 9.90 Å². The minimum atomic E-state index is -1.47. The van der Waals surface area contributed by atoms with Gasteiger partial charge in [0.05, 0.1) is 11.5 Å². The largest absolute Gasteiger partial charge is 0.544 e. The first kappa shape index (κ1) is 12.6. The fraction of sp³-hybridized carbons (Fsp3) is 0. The average molecular weight is 248 g/mol. The first-order valence-electron chi connectivity index (χ1n) is 5.70. The van der Waals surface area contributed by atoms with Crippen LogP contribution in [0.25, 0.3) is 5.57 Å². The van der Waals surface area contributed by atoms with Crippen LogP contribution in [0.4, 0.5) is 0 Å². The van der Waals surface area contributed by atoms with Gasteiger partial charge in [0, 0.05) is 5.57 Å². The molecule has 0 N–H and O–H groups in total. The molecule has 0 saturated heterocycles. The van der Waals surface area contributed by atoms with E-state index < -0.39 is 5.97 Å². The van der Waals surface area contributed by atoms with Crippen LogP contribution in [0.5, 0.6) is 0 Å². The lowest BCUT2D eigenvalue weighted by Crippen LogP contribution is -2.25. The van der Waals surface area contributed by atoms with E-state index in [1.165, 1.54) is 0 Å². The highest BCUT2D eigenvalue weighted by Gasteiger charge is 2.12. The van der Waals surface area contributed by atoms with Crippen LogP contribution in [0.1, 0.15) is 11.1 Å². The van der Waals surface area contributed by atoms with Crippen LogP contribution in [0.2, 0.25) is 0 Å². The summed E-state index contributed by atoms with van der Waals surface area (Å²) >= 11 is 0. The van der Waals surface area contributed by atoms with Crippen LogP contribution < -0.4 is 5.11 Å². The highest BCUT2D eigenvalue weighted by molar-refractivity contribution is 6.03. The summed E-state index contributed by atoms with van der Waals surface area (Å²) in [4.78, 5) is 11.1. The molecule has 19 heavy (non-hydrogen) atoms. The van der Waals surface area contributed by atoms with Gasteiger partial charge in [-0.25, -0.2) is 0 Å². The highest BCUT2D eigenvalue weighted by atomic mass is 16.4. The molecule has 3 heteroatoms. The summed E-state index contributed by atoms with van der Waals surface area (Å²) in [6, 6.07) is 19.6. The Balaban J connectivity index is 2.73. The van der Waals surface area contributed by atoms with Crippen LogP contribution in [-0.4, -0.2) is 5.97 Å². The fourth-order valence-corrected chi connectivity index (χ4v) is 1.87. The van der Waals surface area contributed by atoms with Gasteiger partial charge in [0.15, 0.2) is 0 Å². The fourth-order valence-electron chi connectivity index (χ4n) is 1.87. The van der Waals surface area contributed by atoms with Crippen molar-refractivity contribution in [1.29, 1.82) is 5.26 Å². The molecule has 0 aliphatic heterocycles. The molecular formula is C16H10NO2-. The molecule has 2 rings (SSSR count). The third-order valence-corrected chi connectivity index (χ3v) is 2.69. The summed E-state index contributed by atoms with van der Waals surface area (Å²) in [6.07, 6.45) is 0. The van der Waals surface area contributed by atoms with Crippen LogP contribution in [0.3, 0.4) is 0 Å². The second-order valence-corrected chi connectivity index (χ2v) is 3.88. The van der Waals surface area contributed by atoms with Crippen LogP contribution in [-0.2, 0) is 4.79 Å². The van der Waals surface area contributed by atoms with E-state index in [1.54, 1.807) is 54.6 Å². The summed E-state index contributed by atoms with van der Waals surface area (Å²) in [5.74, 6) is -1.47. The first-order chi connectivity index (χ1) is 9.24. The molecule has 2 aromatic rings. The van der Waals surface area contributed by atoms with Gasteiger partial charge in [0.2, 0.25) is 0 Å². The number of carbonyl (C=O) groups excluding carboxylic acids is 1. The standard InChI is InChI=1S/C16H11NO2/c17-11-14(16(18)19)15(12-7-3-1-4-8-12)13-9-5-2-6-10-13/h1-10H,(H,18,19)/p-1. The Morgan fingerprint density at radius 1 is 0.895 bits per heavy atom. The first-order valence-corrected chi connectivity index (χ1v) is 5.70. The van der Waals surface area contributed by atoms with E-state index >= 15 is 0 Å². The van der Waals surface area contributed by atoms with E-state index in [4.69, 9.17) is 5.26 Å². The maximum absolute atomic E-state index is 11.1. The number of rotatable bonds is 3. The second kappa shape index (κ2) is 5.65. The van der Waals surface area contributed by atoms with Crippen LogP contribution >= 0.6 is 0 Å². The van der Waals surface area contributed by atoms with E-state index in [0.717, 1.165) is 0 Å². The highest BCUT2D eigenvalue weighted by Crippen LogP contribution is 2.26. The van der Waals surface area contributed by atoms with Gasteiger partial charge in [-0.05, 0) is 11.1 Å². The smallest absolute Gasteiger partial charge is 0.102 e. The van der Waals surface area contributed by atoms with Gasteiger partial charge in [-0.3, -0.25) is 0 Å². The Labute approximate surface area is 111 Å². The number of nitriles is 1. The quantitative estimate of drug-likeness (QED) is 0.614. The van der Waals surface area contributed by atoms with Crippen molar-refractivity contribution in [2.24, 2.45) is 0 Å². The molecule has 0 aliphatic carbocycles. The maximum Gasteiger partial charge on any atom is 0.102 e. The number of hydrogen-bond donors (Lipinski definition) is 0. The zero-order valence-electron chi connectivity index (χ0n) is 10.0. The molecule has 0 spiro atoms. The van der Waals surface area contributed by atoms with Crippen molar-refractivity contribution in [2.45, 2.75) is 0 Å². The molecule has 0 amide bonds. The molecule has 0 unspecified atom stereocenters. The van der Waals surface area contributed by atoms with Gasteiger partial charge in [-0.15, -0.1) is 0 Å². The van der Waals surface area contributed by atoms with Gasteiger partial charge in [-0.1, -0.05) is 60.7 Å². The summed E-state index contributed by atoms with van der Waals surface area (Å²) in [7, 11) is 0. The van der Waals surface area contributed by atoms with E-state index in [9.17, 15) is 9.90 Å². The molecule has 0 fully saturated rings. The monoisotopic (exact) mass is 248 g/mol. The van der Waals surface area contributed by atoms with Crippen molar-refractivity contribution >= 4 is 11.5 Å². The van der Waals surface area contributed by atoms with Crippen molar-refractivity contribution in [1.82, 2.24) is 0 Å². The summed E-state index contributed by atoms with van der Waals surface area (Å²) in [5, 5.41) is 20.2. The predicted octanol–water partition coefficient (Wildman–Crippen LogP) is 1.76. The summed E-state index contributed by atoms with van der Waals surface area (Å²) in [6.45, 7) is 0. The summed E-state index contributed by atoms with van der Waals surface area (Å²) in [5.41, 5.74) is 1.37. The van der Waals surface area contributed by atoms with Crippen molar-refractivity contribution in [3.05, 3.63) is 77.4 Å². The van der Waals surface area contributed by atoms with E-state index in [0.29, 0.717) is 16.7 Å². The zero-order chi connectivity index (χ0) is 13.7. The lowest BCUT2D eigenvalue weighted by Gasteiger charge is -2.12. The van der Waals surface area contributed by atoms with Gasteiger partial charge in [-0.2, -0.15) is 5.26 Å². The number of aliphatic carboxylic acids is 1. The summed E-state index contributed by atoms with van der Waals surface area (Å²) < 4.78 is 0. The van der Waals surface area contributed by atoms with E-state index in [2.05, 4.69) is 0 Å². The Kier molecular flexibility index (Phi) is 3.75. The van der Waals surface area contributed by atoms with E-state index in [-0.39, 0.29) is 5.57 Å².